The molecule has 3 rings (SSSR count). The first kappa shape index (κ1) is 22.5. The van der Waals surface area contributed by atoms with Crippen LogP contribution < -0.4 is 15.6 Å². The fraction of sp³-hybridized carbons (Fsp3) is 0.227. The zero-order valence-corrected chi connectivity index (χ0v) is 17.1. The van der Waals surface area contributed by atoms with Crippen molar-refractivity contribution in [1.29, 1.82) is 0 Å². The number of carboxylic acid groups (broad SMARTS) is 2. The summed E-state index contributed by atoms with van der Waals surface area (Å²) >= 11 is 0. The van der Waals surface area contributed by atoms with Crippen molar-refractivity contribution >= 4 is 28.7 Å². The van der Waals surface area contributed by atoms with E-state index in [9.17, 15) is 19.2 Å². The minimum absolute atomic E-state index is 0.186. The van der Waals surface area contributed by atoms with Crippen LogP contribution in [0.3, 0.4) is 0 Å². The summed E-state index contributed by atoms with van der Waals surface area (Å²) in [6, 6.07) is 10.00. The fourth-order valence-electron chi connectivity index (χ4n) is 3.03. The Kier molecular flexibility index (Phi) is 6.83. The summed E-state index contributed by atoms with van der Waals surface area (Å²) in [5.41, 5.74) is 1.33. The summed E-state index contributed by atoms with van der Waals surface area (Å²) in [5.74, 6) is -2.08. The minimum atomic E-state index is -1.31. The summed E-state index contributed by atoms with van der Waals surface area (Å²) in [4.78, 5) is 53.1. The van der Waals surface area contributed by atoms with Crippen LogP contribution in [0.4, 0.5) is 0 Å². The first-order chi connectivity index (χ1) is 15.2. The van der Waals surface area contributed by atoms with Gasteiger partial charge in [-0.3, -0.25) is 14.4 Å². The van der Waals surface area contributed by atoms with Crippen molar-refractivity contribution in [1.82, 2.24) is 15.3 Å². The molecule has 10 nitrogen and oxygen atoms in total. The van der Waals surface area contributed by atoms with Crippen LogP contribution in [-0.4, -0.2) is 44.1 Å². The fourth-order valence-corrected chi connectivity index (χ4v) is 3.03. The molecule has 166 valence electrons. The van der Waals surface area contributed by atoms with Gasteiger partial charge in [-0.2, -0.15) is 0 Å². The lowest BCUT2D eigenvalue weighted by atomic mass is 10.1. The molecule has 0 unspecified atom stereocenters. The van der Waals surface area contributed by atoms with E-state index in [4.69, 9.17) is 14.9 Å². The number of aliphatic carboxylic acids is 2. The molecule has 0 aliphatic rings. The van der Waals surface area contributed by atoms with E-state index in [1.165, 1.54) is 12.1 Å². The normalized spacial score (nSPS) is 11.7. The number of carboxylic acids is 2. The van der Waals surface area contributed by atoms with Gasteiger partial charge in [0.05, 0.1) is 10.9 Å². The van der Waals surface area contributed by atoms with Gasteiger partial charge in [0.15, 0.2) is 0 Å². The molecule has 1 aromatic heterocycles. The standard InChI is InChI=1S/C22H21N3O7/c1-12-23-17-7-2-13(10-16(17)21(29)24-12)11-32-15-5-3-14(4-6-15)20(28)25-18(22(30)31)8-9-19(26)27/h2-7,10,18H,8-9,11H2,1H3,(H,25,28)(H,26,27)(H,30,31)(H,23,24,29)/t18-/m0/s1. The maximum Gasteiger partial charge on any atom is 0.326 e. The van der Waals surface area contributed by atoms with Gasteiger partial charge in [0.1, 0.15) is 24.2 Å². The number of rotatable bonds is 9. The van der Waals surface area contributed by atoms with Crippen LogP contribution in [0.1, 0.15) is 34.6 Å². The van der Waals surface area contributed by atoms with E-state index in [2.05, 4.69) is 15.3 Å². The molecule has 1 heterocycles. The van der Waals surface area contributed by atoms with Gasteiger partial charge in [0.25, 0.3) is 11.5 Å². The molecule has 1 amide bonds. The second kappa shape index (κ2) is 9.73. The number of ether oxygens (including phenoxy) is 1. The molecule has 0 fully saturated rings. The molecule has 4 N–H and O–H groups in total. The Bertz CT molecular complexity index is 1220. The van der Waals surface area contributed by atoms with Crippen LogP contribution in [0, 0.1) is 6.92 Å². The molecular weight excluding hydrogens is 418 g/mol. The third kappa shape index (κ3) is 5.69. The Balaban J connectivity index is 1.62. The summed E-state index contributed by atoms with van der Waals surface area (Å²) in [7, 11) is 0. The van der Waals surface area contributed by atoms with Gasteiger partial charge in [-0.15, -0.1) is 0 Å². The average Bonchev–Trinajstić information content (AvgIpc) is 2.75. The molecule has 0 spiro atoms. The second-order valence-corrected chi connectivity index (χ2v) is 7.11. The Hall–Kier alpha value is -4.21. The van der Waals surface area contributed by atoms with Gasteiger partial charge in [-0.25, -0.2) is 9.78 Å². The molecule has 2 aromatic carbocycles. The topological polar surface area (TPSA) is 159 Å². The lowest BCUT2D eigenvalue weighted by Gasteiger charge is -2.14. The molecular formula is C22H21N3O7. The smallest absolute Gasteiger partial charge is 0.326 e. The van der Waals surface area contributed by atoms with E-state index in [-0.39, 0.29) is 30.6 Å². The van der Waals surface area contributed by atoms with E-state index in [0.717, 1.165) is 5.56 Å². The number of hydrogen-bond acceptors (Lipinski definition) is 6. The highest BCUT2D eigenvalue weighted by Crippen LogP contribution is 2.16. The number of carbonyl (C=O) groups excluding carboxylic acids is 1. The van der Waals surface area contributed by atoms with Gasteiger partial charge in [-0.05, 0) is 55.3 Å². The highest BCUT2D eigenvalue weighted by atomic mass is 16.5. The predicted octanol–water partition coefficient (Wildman–Crippen LogP) is 1.86. The molecule has 32 heavy (non-hydrogen) atoms. The minimum Gasteiger partial charge on any atom is -0.489 e. The largest absolute Gasteiger partial charge is 0.489 e. The van der Waals surface area contributed by atoms with Gasteiger partial charge < -0.3 is 25.3 Å². The number of H-pyrrole nitrogens is 1. The van der Waals surface area contributed by atoms with Gasteiger partial charge in [0.2, 0.25) is 0 Å². The Morgan fingerprint density at radius 3 is 2.50 bits per heavy atom. The van der Waals surface area contributed by atoms with E-state index in [1.54, 1.807) is 37.3 Å². The van der Waals surface area contributed by atoms with Crippen LogP contribution in [0.2, 0.25) is 0 Å². The number of aryl methyl sites for hydroxylation is 1. The van der Waals surface area contributed by atoms with Crippen LogP contribution in [0.5, 0.6) is 5.75 Å². The van der Waals surface area contributed by atoms with E-state index >= 15 is 0 Å². The lowest BCUT2D eigenvalue weighted by molar-refractivity contribution is -0.140. The zero-order valence-electron chi connectivity index (χ0n) is 17.1. The number of benzene rings is 2. The summed E-state index contributed by atoms with van der Waals surface area (Å²) in [5, 5.41) is 20.6. The molecule has 0 aliphatic carbocycles. The number of aromatic nitrogens is 2. The third-order valence-electron chi connectivity index (χ3n) is 4.66. The van der Waals surface area contributed by atoms with Gasteiger partial charge in [0, 0.05) is 12.0 Å². The van der Waals surface area contributed by atoms with Crippen LogP contribution >= 0.6 is 0 Å². The van der Waals surface area contributed by atoms with Crippen LogP contribution in [-0.2, 0) is 16.2 Å². The number of hydrogen-bond donors (Lipinski definition) is 4. The van der Waals surface area contributed by atoms with Crippen molar-refractivity contribution in [2.24, 2.45) is 0 Å². The number of nitrogens with one attached hydrogen (secondary N) is 2. The molecule has 1 atom stereocenters. The molecule has 3 aromatic rings. The lowest BCUT2D eigenvalue weighted by Crippen LogP contribution is -2.41. The van der Waals surface area contributed by atoms with Crippen molar-refractivity contribution in [2.75, 3.05) is 0 Å². The molecule has 0 saturated carbocycles. The Labute approximate surface area is 181 Å². The van der Waals surface area contributed by atoms with Crippen molar-refractivity contribution in [3.05, 3.63) is 69.8 Å². The molecule has 10 heteroatoms. The van der Waals surface area contributed by atoms with E-state index < -0.39 is 23.9 Å². The maximum atomic E-state index is 12.3. The van der Waals surface area contributed by atoms with E-state index in [1.807, 2.05) is 0 Å². The molecule has 0 radical (unpaired) electrons. The van der Waals surface area contributed by atoms with Gasteiger partial charge >= 0.3 is 11.9 Å². The Morgan fingerprint density at radius 1 is 1.12 bits per heavy atom. The Morgan fingerprint density at radius 2 is 1.84 bits per heavy atom. The van der Waals surface area contributed by atoms with Crippen molar-refractivity contribution in [3.63, 3.8) is 0 Å². The SMILES string of the molecule is Cc1nc2ccc(COc3ccc(C(=O)N[C@@H](CCC(=O)O)C(=O)O)cc3)cc2c(=O)[nH]1. The highest BCUT2D eigenvalue weighted by Gasteiger charge is 2.21. The summed E-state index contributed by atoms with van der Waals surface area (Å²) in [6.07, 6.45) is -0.596. The first-order valence-corrected chi connectivity index (χ1v) is 9.71. The van der Waals surface area contributed by atoms with Crippen LogP contribution in [0.15, 0.2) is 47.3 Å². The molecule has 0 bridgehead atoms. The number of amides is 1. The highest BCUT2D eigenvalue weighted by molar-refractivity contribution is 5.96. The predicted molar refractivity (Wildman–Crippen MR) is 114 cm³/mol. The zero-order chi connectivity index (χ0) is 23.3. The molecule has 0 aliphatic heterocycles. The van der Waals surface area contributed by atoms with Crippen LogP contribution in [0.25, 0.3) is 10.9 Å². The van der Waals surface area contributed by atoms with Crippen molar-refractivity contribution in [2.45, 2.75) is 32.4 Å². The number of nitrogens with zero attached hydrogens (tertiary/aromatic N) is 1. The van der Waals surface area contributed by atoms with Gasteiger partial charge in [-0.1, -0.05) is 6.07 Å². The van der Waals surface area contributed by atoms with Crippen molar-refractivity contribution in [3.8, 4) is 5.75 Å². The third-order valence-corrected chi connectivity index (χ3v) is 4.66. The number of carbonyl (C=O) groups is 3. The quantitative estimate of drug-likeness (QED) is 0.393. The summed E-state index contributed by atoms with van der Waals surface area (Å²) < 4.78 is 5.70. The molecule has 0 saturated heterocycles. The number of aromatic amines is 1. The first-order valence-electron chi connectivity index (χ1n) is 9.71. The van der Waals surface area contributed by atoms with E-state index in [0.29, 0.717) is 22.5 Å². The average molecular weight is 439 g/mol. The maximum absolute atomic E-state index is 12.3. The second-order valence-electron chi connectivity index (χ2n) is 7.11. The number of fused-ring (bicyclic) bond motifs is 1. The summed E-state index contributed by atoms with van der Waals surface area (Å²) in [6.45, 7) is 1.89. The monoisotopic (exact) mass is 439 g/mol. The van der Waals surface area contributed by atoms with Crippen molar-refractivity contribution < 1.29 is 29.3 Å².